The van der Waals surface area contributed by atoms with E-state index in [1.165, 1.54) is 0 Å². The van der Waals surface area contributed by atoms with Gasteiger partial charge >= 0.3 is 5.97 Å². The molecule has 102 valence electrons. The average Bonchev–Trinajstić information content (AvgIpc) is 2.79. The van der Waals surface area contributed by atoms with E-state index in [0.29, 0.717) is 19.5 Å². The lowest BCUT2D eigenvalue weighted by Gasteiger charge is -2.17. The molecule has 1 unspecified atom stereocenters. The summed E-state index contributed by atoms with van der Waals surface area (Å²) in [4.78, 5) is 12.7. The maximum atomic E-state index is 10.6. The number of carbonyl (C=O) groups is 1. The number of benzene rings is 1. The number of nitrogens with two attached hydrogens (primary N) is 1. The smallest absolute Gasteiger partial charge is 0.320 e. The lowest BCUT2D eigenvalue weighted by Crippen LogP contribution is -2.34. The number of hydrogen-bond donors (Lipinski definition) is 2. The van der Waals surface area contributed by atoms with Crippen molar-refractivity contribution in [1.29, 1.82) is 0 Å². The monoisotopic (exact) mass is 262 g/mol. The van der Waals surface area contributed by atoms with Gasteiger partial charge in [-0.25, -0.2) is 0 Å². The zero-order chi connectivity index (χ0) is 13.8. The molecule has 0 fully saturated rings. The van der Waals surface area contributed by atoms with Crippen LogP contribution in [0.2, 0.25) is 0 Å². The van der Waals surface area contributed by atoms with Gasteiger partial charge in [0.15, 0.2) is 0 Å². The van der Waals surface area contributed by atoms with E-state index in [4.69, 9.17) is 15.3 Å². The van der Waals surface area contributed by atoms with Crippen LogP contribution >= 0.6 is 0 Å². The third-order valence-electron chi connectivity index (χ3n) is 3.14. The van der Waals surface area contributed by atoms with Crippen LogP contribution in [0.5, 0.6) is 0 Å². The normalized spacial score (nSPS) is 13.0. The maximum absolute atomic E-state index is 10.6. The van der Waals surface area contributed by atoms with Gasteiger partial charge in [0.1, 0.15) is 11.6 Å². The van der Waals surface area contributed by atoms with Crippen LogP contribution in [0, 0.1) is 0 Å². The Morgan fingerprint density at radius 2 is 2.21 bits per heavy atom. The van der Waals surface area contributed by atoms with Crippen LogP contribution in [0.3, 0.4) is 0 Å². The SMILES string of the molecule is CN(CCC(N)C(=O)O)Cc1coc2ccccc12. The highest BCUT2D eigenvalue weighted by atomic mass is 16.4. The molecular formula is C14H18N2O3. The van der Waals surface area contributed by atoms with Crippen LogP contribution in [0.15, 0.2) is 34.9 Å². The summed E-state index contributed by atoms with van der Waals surface area (Å²) in [5, 5.41) is 9.83. The molecule has 5 heteroatoms. The molecule has 19 heavy (non-hydrogen) atoms. The van der Waals surface area contributed by atoms with Gasteiger partial charge < -0.3 is 20.2 Å². The van der Waals surface area contributed by atoms with Gasteiger partial charge in [0.2, 0.25) is 0 Å². The number of fused-ring (bicyclic) bond motifs is 1. The van der Waals surface area contributed by atoms with Gasteiger partial charge in [-0.3, -0.25) is 4.79 Å². The lowest BCUT2D eigenvalue weighted by molar-refractivity contribution is -0.138. The van der Waals surface area contributed by atoms with Gasteiger partial charge in [-0.1, -0.05) is 18.2 Å². The lowest BCUT2D eigenvalue weighted by atomic mass is 10.1. The van der Waals surface area contributed by atoms with E-state index in [0.717, 1.165) is 16.5 Å². The highest BCUT2D eigenvalue weighted by molar-refractivity contribution is 5.80. The summed E-state index contributed by atoms with van der Waals surface area (Å²) in [5.41, 5.74) is 7.45. The van der Waals surface area contributed by atoms with Gasteiger partial charge in [-0.2, -0.15) is 0 Å². The minimum Gasteiger partial charge on any atom is -0.480 e. The van der Waals surface area contributed by atoms with E-state index in [1.54, 1.807) is 6.26 Å². The first kappa shape index (κ1) is 13.6. The third kappa shape index (κ3) is 3.33. The van der Waals surface area contributed by atoms with Crippen LogP contribution in [-0.4, -0.2) is 35.6 Å². The first-order valence-electron chi connectivity index (χ1n) is 6.20. The van der Waals surface area contributed by atoms with Crippen LogP contribution < -0.4 is 5.73 Å². The molecule has 0 radical (unpaired) electrons. The van der Waals surface area contributed by atoms with Crippen molar-refractivity contribution in [3.63, 3.8) is 0 Å². The fraction of sp³-hybridized carbons (Fsp3) is 0.357. The highest BCUT2D eigenvalue weighted by Crippen LogP contribution is 2.21. The molecule has 3 N–H and O–H groups in total. The van der Waals surface area contributed by atoms with Gasteiger partial charge in [-0.05, 0) is 19.5 Å². The number of aliphatic carboxylic acids is 1. The Balaban J connectivity index is 1.95. The molecule has 0 amide bonds. The Hall–Kier alpha value is -1.85. The van der Waals surface area contributed by atoms with Crippen LogP contribution in [0.25, 0.3) is 11.0 Å². The molecule has 0 spiro atoms. The molecule has 1 atom stereocenters. The molecule has 2 rings (SSSR count). The van der Waals surface area contributed by atoms with E-state index < -0.39 is 12.0 Å². The minimum atomic E-state index is -0.956. The summed E-state index contributed by atoms with van der Waals surface area (Å²) in [6.45, 7) is 1.34. The Morgan fingerprint density at radius 1 is 1.47 bits per heavy atom. The van der Waals surface area contributed by atoms with Crippen molar-refractivity contribution in [2.75, 3.05) is 13.6 Å². The van der Waals surface area contributed by atoms with Gasteiger partial charge in [-0.15, -0.1) is 0 Å². The van der Waals surface area contributed by atoms with Crippen molar-refractivity contribution in [3.05, 3.63) is 36.1 Å². The predicted molar refractivity (Wildman–Crippen MR) is 72.8 cm³/mol. The van der Waals surface area contributed by atoms with Gasteiger partial charge in [0.05, 0.1) is 6.26 Å². The fourth-order valence-electron chi connectivity index (χ4n) is 2.01. The number of para-hydroxylation sites is 1. The number of furan rings is 1. The largest absolute Gasteiger partial charge is 0.480 e. The standard InChI is InChI=1S/C14H18N2O3/c1-16(7-6-12(15)14(17)18)8-10-9-19-13-5-3-2-4-11(10)13/h2-5,9,12H,6-8,15H2,1H3,(H,17,18). The molecular weight excluding hydrogens is 244 g/mol. The molecule has 0 aliphatic carbocycles. The summed E-state index contributed by atoms with van der Waals surface area (Å²) < 4.78 is 5.47. The quantitative estimate of drug-likeness (QED) is 0.827. The third-order valence-corrected chi connectivity index (χ3v) is 3.14. The Morgan fingerprint density at radius 3 is 2.95 bits per heavy atom. The average molecular weight is 262 g/mol. The van der Waals surface area contributed by atoms with Crippen molar-refractivity contribution in [1.82, 2.24) is 4.90 Å². The zero-order valence-corrected chi connectivity index (χ0v) is 10.9. The topological polar surface area (TPSA) is 79.7 Å². The Kier molecular flexibility index (Phi) is 4.19. The first-order chi connectivity index (χ1) is 9.08. The van der Waals surface area contributed by atoms with Gasteiger partial charge in [0.25, 0.3) is 0 Å². The van der Waals surface area contributed by atoms with Crippen molar-refractivity contribution >= 4 is 16.9 Å². The van der Waals surface area contributed by atoms with E-state index in [2.05, 4.69) is 0 Å². The van der Waals surface area contributed by atoms with Crippen molar-refractivity contribution in [2.45, 2.75) is 19.0 Å². The van der Waals surface area contributed by atoms with E-state index in [1.807, 2.05) is 36.2 Å². The molecule has 0 saturated carbocycles. The summed E-state index contributed by atoms with van der Waals surface area (Å²) in [6.07, 6.45) is 2.18. The summed E-state index contributed by atoms with van der Waals surface area (Å²) >= 11 is 0. The Labute approximate surface area is 111 Å². The number of carboxylic acids is 1. The molecule has 0 bridgehead atoms. The maximum Gasteiger partial charge on any atom is 0.320 e. The van der Waals surface area contributed by atoms with E-state index in [-0.39, 0.29) is 0 Å². The van der Waals surface area contributed by atoms with Crippen molar-refractivity contribution in [2.24, 2.45) is 5.73 Å². The molecule has 5 nitrogen and oxygen atoms in total. The molecule has 0 aliphatic heterocycles. The van der Waals surface area contributed by atoms with Crippen LogP contribution in [-0.2, 0) is 11.3 Å². The molecule has 1 heterocycles. The second kappa shape index (κ2) is 5.86. The minimum absolute atomic E-state index is 0.432. The molecule has 1 aromatic heterocycles. The fourth-order valence-corrected chi connectivity index (χ4v) is 2.01. The summed E-state index contributed by atoms with van der Waals surface area (Å²) in [5.74, 6) is -0.956. The van der Waals surface area contributed by atoms with Crippen LogP contribution in [0.4, 0.5) is 0 Å². The molecule has 2 aromatic rings. The second-order valence-corrected chi connectivity index (χ2v) is 4.73. The second-order valence-electron chi connectivity index (χ2n) is 4.73. The molecule has 0 saturated heterocycles. The van der Waals surface area contributed by atoms with Crippen LogP contribution in [0.1, 0.15) is 12.0 Å². The zero-order valence-electron chi connectivity index (χ0n) is 10.9. The summed E-state index contributed by atoms with van der Waals surface area (Å²) in [6, 6.07) is 7.06. The summed E-state index contributed by atoms with van der Waals surface area (Å²) in [7, 11) is 1.94. The number of hydrogen-bond acceptors (Lipinski definition) is 4. The van der Waals surface area contributed by atoms with E-state index in [9.17, 15) is 4.79 Å². The first-order valence-corrected chi connectivity index (χ1v) is 6.20. The van der Waals surface area contributed by atoms with Crippen molar-refractivity contribution < 1.29 is 14.3 Å². The highest BCUT2D eigenvalue weighted by Gasteiger charge is 2.13. The molecule has 0 aliphatic rings. The number of rotatable bonds is 6. The predicted octanol–water partition coefficient (Wildman–Crippen LogP) is 1.67. The van der Waals surface area contributed by atoms with Gasteiger partial charge in [0, 0.05) is 24.0 Å². The number of nitrogens with zero attached hydrogens (tertiary/aromatic N) is 1. The Bertz CT molecular complexity index is 565. The number of carboxylic acid groups (broad SMARTS) is 1. The molecule has 1 aromatic carbocycles. The van der Waals surface area contributed by atoms with Crippen molar-refractivity contribution in [3.8, 4) is 0 Å². The van der Waals surface area contributed by atoms with E-state index >= 15 is 0 Å².